The summed E-state index contributed by atoms with van der Waals surface area (Å²) in [6, 6.07) is 0. The summed E-state index contributed by atoms with van der Waals surface area (Å²) < 4.78 is 1.33. The smallest absolute Gasteiger partial charge is 0.323 e. The third-order valence-corrected chi connectivity index (χ3v) is 1.80. The minimum absolute atomic E-state index is 0.0267. The van der Waals surface area contributed by atoms with Crippen molar-refractivity contribution in [3.05, 3.63) is 25.0 Å². The van der Waals surface area contributed by atoms with Crippen molar-refractivity contribution in [3.63, 3.8) is 0 Å². The molecule has 0 saturated heterocycles. The average molecular weight is 224 g/mol. The molecule has 1 rings (SSSR count). The van der Waals surface area contributed by atoms with Gasteiger partial charge in [-0.2, -0.15) is 0 Å². The zero-order valence-corrected chi connectivity index (χ0v) is 8.61. The number of aromatic nitrogens is 3. The van der Waals surface area contributed by atoms with E-state index in [1.54, 1.807) is 0 Å². The molecule has 1 aromatic rings. The van der Waals surface area contributed by atoms with Crippen molar-refractivity contribution < 1.29 is 14.7 Å². The Balaban J connectivity index is 2.59. The number of carboxylic acid groups (broad SMARTS) is 1. The number of hydrogen-bond donors (Lipinski definition) is 1. The number of rotatable bonds is 6. The number of carbonyl (C=O) groups excluding carboxylic acids is 1. The topological polar surface area (TPSA) is 88.3 Å². The molecule has 0 fully saturated rings. The van der Waals surface area contributed by atoms with Gasteiger partial charge in [0.05, 0.1) is 6.20 Å². The molecule has 0 unspecified atom stereocenters. The summed E-state index contributed by atoms with van der Waals surface area (Å²) in [4.78, 5) is 23.4. The summed E-state index contributed by atoms with van der Waals surface area (Å²) in [6.45, 7) is 3.29. The fourth-order valence-corrected chi connectivity index (χ4v) is 1.13. The predicted octanol–water partition coefficient (Wildman–Crippen LogP) is -0.623. The maximum absolute atomic E-state index is 11.7. The molecule has 1 N–H and O–H groups in total. The molecule has 0 aliphatic rings. The van der Waals surface area contributed by atoms with Crippen LogP contribution in [0.3, 0.4) is 0 Å². The first-order valence-corrected chi connectivity index (χ1v) is 4.58. The van der Waals surface area contributed by atoms with Crippen molar-refractivity contribution in [3.8, 4) is 0 Å². The molecule has 0 atom stereocenters. The second-order valence-electron chi connectivity index (χ2n) is 3.06. The minimum Gasteiger partial charge on any atom is -0.480 e. The number of hydrogen-bond acceptors (Lipinski definition) is 4. The molecule has 86 valence electrons. The summed E-state index contributed by atoms with van der Waals surface area (Å²) in [7, 11) is 0. The van der Waals surface area contributed by atoms with Crippen LogP contribution in [0.2, 0.25) is 0 Å². The molecule has 0 aliphatic carbocycles. The Morgan fingerprint density at radius 2 is 2.31 bits per heavy atom. The number of amides is 1. The summed E-state index contributed by atoms with van der Waals surface area (Å²) in [5, 5.41) is 15.8. The van der Waals surface area contributed by atoms with E-state index in [1.807, 2.05) is 0 Å². The lowest BCUT2D eigenvalue weighted by Gasteiger charge is -2.18. The van der Waals surface area contributed by atoms with E-state index in [2.05, 4.69) is 16.9 Å². The van der Waals surface area contributed by atoms with Gasteiger partial charge in [0, 0.05) is 12.7 Å². The Morgan fingerprint density at radius 1 is 1.56 bits per heavy atom. The van der Waals surface area contributed by atoms with Crippen LogP contribution in [0.5, 0.6) is 0 Å². The van der Waals surface area contributed by atoms with Crippen molar-refractivity contribution >= 4 is 11.9 Å². The third-order valence-electron chi connectivity index (χ3n) is 1.80. The van der Waals surface area contributed by atoms with E-state index in [-0.39, 0.29) is 25.5 Å². The number of carbonyl (C=O) groups is 2. The molecular weight excluding hydrogens is 212 g/mol. The molecule has 0 aliphatic heterocycles. The third kappa shape index (κ3) is 3.52. The van der Waals surface area contributed by atoms with Gasteiger partial charge < -0.3 is 10.0 Å². The summed E-state index contributed by atoms with van der Waals surface area (Å²) in [6.07, 6.45) is 4.45. The molecule has 0 spiro atoms. The maximum atomic E-state index is 11.7. The van der Waals surface area contributed by atoms with Gasteiger partial charge >= 0.3 is 5.97 Å². The molecule has 1 heterocycles. The fourth-order valence-electron chi connectivity index (χ4n) is 1.13. The Morgan fingerprint density at radius 3 is 2.81 bits per heavy atom. The van der Waals surface area contributed by atoms with Gasteiger partial charge in [-0.25, -0.2) is 4.68 Å². The lowest BCUT2D eigenvalue weighted by Crippen LogP contribution is -2.38. The molecule has 0 radical (unpaired) electrons. The van der Waals surface area contributed by atoms with Crippen LogP contribution in [-0.2, 0) is 16.1 Å². The van der Waals surface area contributed by atoms with Crippen LogP contribution < -0.4 is 0 Å². The Bertz CT molecular complexity index is 374. The second kappa shape index (κ2) is 5.64. The first-order valence-electron chi connectivity index (χ1n) is 4.58. The van der Waals surface area contributed by atoms with Gasteiger partial charge in [0.2, 0.25) is 5.91 Å². The molecular formula is C9H12N4O3. The van der Waals surface area contributed by atoms with Crippen molar-refractivity contribution in [1.29, 1.82) is 0 Å². The lowest BCUT2D eigenvalue weighted by atomic mass is 10.4. The molecule has 0 saturated carbocycles. The largest absolute Gasteiger partial charge is 0.480 e. The lowest BCUT2D eigenvalue weighted by molar-refractivity contribution is -0.144. The normalized spacial score (nSPS) is 9.75. The van der Waals surface area contributed by atoms with Gasteiger partial charge in [0.25, 0.3) is 0 Å². The highest BCUT2D eigenvalue weighted by Crippen LogP contribution is 1.94. The van der Waals surface area contributed by atoms with Crippen LogP contribution in [0.25, 0.3) is 0 Å². The Hall–Kier alpha value is -2.18. The van der Waals surface area contributed by atoms with E-state index >= 15 is 0 Å². The molecule has 1 aromatic heterocycles. The van der Waals surface area contributed by atoms with E-state index in [9.17, 15) is 9.59 Å². The number of carboxylic acids is 1. The van der Waals surface area contributed by atoms with Crippen LogP contribution in [0.15, 0.2) is 25.0 Å². The quantitative estimate of drug-likeness (QED) is 0.650. The van der Waals surface area contributed by atoms with Crippen LogP contribution in [0.1, 0.15) is 0 Å². The maximum Gasteiger partial charge on any atom is 0.323 e. The molecule has 1 amide bonds. The minimum atomic E-state index is -1.06. The fraction of sp³-hybridized carbons (Fsp3) is 0.333. The second-order valence-corrected chi connectivity index (χ2v) is 3.06. The van der Waals surface area contributed by atoms with Gasteiger partial charge in [-0.1, -0.05) is 11.3 Å². The Labute approximate surface area is 92.0 Å². The van der Waals surface area contributed by atoms with E-state index in [4.69, 9.17) is 5.11 Å². The van der Waals surface area contributed by atoms with Gasteiger partial charge in [0.1, 0.15) is 13.1 Å². The van der Waals surface area contributed by atoms with Gasteiger partial charge in [-0.3, -0.25) is 9.59 Å². The SMILES string of the molecule is C=CCN(CC(=O)O)C(=O)Cn1ccnn1. The standard InChI is InChI=1S/C9H12N4O3/c1-2-4-12(7-9(15)16)8(14)6-13-5-3-10-11-13/h2-3,5H,1,4,6-7H2,(H,15,16). The summed E-state index contributed by atoms with van der Waals surface area (Å²) >= 11 is 0. The van der Waals surface area contributed by atoms with Crippen molar-refractivity contribution in [2.45, 2.75) is 6.54 Å². The van der Waals surface area contributed by atoms with E-state index in [0.29, 0.717) is 0 Å². The number of aliphatic carboxylic acids is 1. The zero-order valence-electron chi connectivity index (χ0n) is 8.61. The summed E-state index contributed by atoms with van der Waals surface area (Å²) in [5.74, 6) is -1.40. The van der Waals surface area contributed by atoms with Crippen molar-refractivity contribution in [2.75, 3.05) is 13.1 Å². The molecule has 7 heteroatoms. The monoisotopic (exact) mass is 224 g/mol. The highest BCUT2D eigenvalue weighted by Gasteiger charge is 2.15. The van der Waals surface area contributed by atoms with Crippen LogP contribution in [0, 0.1) is 0 Å². The molecule has 0 aromatic carbocycles. The van der Waals surface area contributed by atoms with Crippen LogP contribution in [-0.4, -0.2) is 50.0 Å². The first-order chi connectivity index (χ1) is 7.63. The van der Waals surface area contributed by atoms with Crippen molar-refractivity contribution in [2.24, 2.45) is 0 Å². The van der Waals surface area contributed by atoms with Crippen LogP contribution in [0.4, 0.5) is 0 Å². The number of nitrogens with zero attached hydrogens (tertiary/aromatic N) is 4. The van der Waals surface area contributed by atoms with Gasteiger partial charge in [-0.05, 0) is 0 Å². The molecule has 16 heavy (non-hydrogen) atoms. The zero-order chi connectivity index (χ0) is 12.0. The Kier molecular flexibility index (Phi) is 4.19. The highest BCUT2D eigenvalue weighted by molar-refractivity contribution is 5.81. The predicted molar refractivity (Wildman–Crippen MR) is 54.4 cm³/mol. The van der Waals surface area contributed by atoms with E-state index in [1.165, 1.54) is 28.1 Å². The van der Waals surface area contributed by atoms with Gasteiger partial charge in [0.15, 0.2) is 0 Å². The van der Waals surface area contributed by atoms with E-state index in [0.717, 1.165) is 0 Å². The van der Waals surface area contributed by atoms with Crippen LogP contribution >= 0.6 is 0 Å². The molecule has 7 nitrogen and oxygen atoms in total. The average Bonchev–Trinajstić information content (AvgIpc) is 2.69. The highest BCUT2D eigenvalue weighted by atomic mass is 16.4. The molecule has 0 bridgehead atoms. The van der Waals surface area contributed by atoms with E-state index < -0.39 is 5.97 Å². The van der Waals surface area contributed by atoms with Crippen molar-refractivity contribution in [1.82, 2.24) is 19.9 Å². The first kappa shape index (κ1) is 11.9. The van der Waals surface area contributed by atoms with Gasteiger partial charge in [-0.15, -0.1) is 11.7 Å². The summed E-state index contributed by atoms with van der Waals surface area (Å²) in [5.41, 5.74) is 0.